The molecule has 464 valence electrons. The van der Waals surface area contributed by atoms with E-state index in [1.54, 1.807) is 0 Å². The summed E-state index contributed by atoms with van der Waals surface area (Å²) in [6.07, 6.45) is 0. The van der Waals surface area contributed by atoms with Crippen LogP contribution < -0.4 is 0 Å². The van der Waals surface area contributed by atoms with Crippen LogP contribution in [0.3, 0.4) is 0 Å². The van der Waals surface area contributed by atoms with Crippen LogP contribution >= 0.6 is 78.3 Å². The third-order valence-corrected chi connectivity index (χ3v) is 16.9. The molecule has 0 amide bonds. The van der Waals surface area contributed by atoms with Gasteiger partial charge in [0.05, 0.1) is 22.1 Å². The molecule has 0 radical (unpaired) electrons. The predicted octanol–water partition coefficient (Wildman–Crippen LogP) is 22.5. The van der Waals surface area contributed by atoms with Gasteiger partial charge in [0.1, 0.15) is 33.0 Å². The molecule has 0 spiro atoms. The summed E-state index contributed by atoms with van der Waals surface area (Å²) in [7, 11) is 0. The molecule has 0 aliphatic rings. The van der Waals surface area contributed by atoms with Crippen LogP contribution in [0.4, 0.5) is 0 Å². The maximum Gasteiger partial charge on any atom is 0.227 e. The summed E-state index contributed by atoms with van der Waals surface area (Å²) in [6.45, 7) is 0. The molecule has 0 saturated carbocycles. The Morgan fingerprint density at radius 2 is 0.677 bits per heavy atom. The van der Waals surface area contributed by atoms with Crippen molar-refractivity contribution in [1.82, 2.24) is 54.0 Å². The Hall–Kier alpha value is -10.5. The molecule has 11 aromatic carbocycles. The zero-order valence-corrected chi connectivity index (χ0v) is 56.3. The molecule has 0 fully saturated rings. The zero-order valence-electron chi connectivity index (χ0n) is 50.1. The Balaban J connectivity index is 0.000000137. The third kappa shape index (κ3) is 14.3. The van der Waals surface area contributed by atoms with E-state index in [1.165, 1.54) is 6.07 Å². The lowest BCUT2D eigenvalue weighted by molar-refractivity contribution is 0.619. The standard InChI is InChI=1S/C41H25ClN6O.C19H13BrN2.C13H8BrNO.C4HCl3N2/c42-31-13-9-12-29(24-31)38-45-37(46-39(47-38)30-22-23-34-36(25-30)49-41(44-34)28-10-3-1-4-11-28)26-18-20-27(21-19-26)40-43-33-16-7-8-17-35(33)48(40)32-14-5-2-6-15-32;20-15-12-10-14(11-13-15)19-21-17-8-4-5-9-18(17)22(19)16-6-2-1-3-7-16;14-10-6-7-11-12(8-10)16-13(15-11)9-4-2-1-3-5-9;5-2-1-3(6)9-4(7)8-2/h1-25H;1-13H;1-8H;1H. The fourth-order valence-corrected chi connectivity index (χ4v) is 12.1. The van der Waals surface area contributed by atoms with E-state index in [4.69, 9.17) is 80.2 Å². The second-order valence-electron chi connectivity index (χ2n) is 21.4. The van der Waals surface area contributed by atoms with Crippen molar-refractivity contribution >= 4 is 123 Å². The quantitative estimate of drug-likeness (QED) is 0.100. The van der Waals surface area contributed by atoms with E-state index in [2.05, 4.69) is 146 Å². The first-order valence-corrected chi connectivity index (χ1v) is 33.0. The van der Waals surface area contributed by atoms with E-state index in [0.29, 0.717) is 39.9 Å². The number of oxazole rings is 2. The highest BCUT2D eigenvalue weighted by Gasteiger charge is 2.19. The lowest BCUT2D eigenvalue weighted by Crippen LogP contribution is -2.00. The average molecular weight is 1460 g/mol. The van der Waals surface area contributed by atoms with Gasteiger partial charge < -0.3 is 8.83 Å². The monoisotopic (exact) mass is 1460 g/mol. The highest BCUT2D eigenvalue weighted by atomic mass is 79.9. The largest absolute Gasteiger partial charge is 0.436 e. The van der Waals surface area contributed by atoms with Gasteiger partial charge in [-0.15, -0.1) is 0 Å². The molecule has 0 unspecified atom stereocenters. The first-order valence-electron chi connectivity index (χ1n) is 29.9. The molecule has 6 aromatic heterocycles. The molecule has 0 aliphatic carbocycles. The molecular weight excluding hydrogens is 1410 g/mol. The number of rotatable bonds is 9. The molecule has 0 bridgehead atoms. The molecule has 0 aliphatic heterocycles. The molecule has 17 rings (SSSR count). The van der Waals surface area contributed by atoms with Crippen LogP contribution in [-0.4, -0.2) is 54.0 Å². The van der Waals surface area contributed by atoms with E-state index in [0.717, 1.165) is 110 Å². The smallest absolute Gasteiger partial charge is 0.227 e. The maximum atomic E-state index is 6.39. The molecule has 96 heavy (non-hydrogen) atoms. The van der Waals surface area contributed by atoms with Crippen LogP contribution in [-0.2, 0) is 0 Å². The van der Waals surface area contributed by atoms with Gasteiger partial charge in [0.25, 0.3) is 0 Å². The summed E-state index contributed by atoms with van der Waals surface area (Å²) in [5, 5.41) is 1.16. The van der Waals surface area contributed by atoms with Gasteiger partial charge in [-0.2, -0.15) is 0 Å². The van der Waals surface area contributed by atoms with Crippen LogP contribution in [0.1, 0.15) is 0 Å². The average Bonchev–Trinajstić information content (AvgIpc) is 1.59. The maximum absolute atomic E-state index is 6.39. The Labute approximate surface area is 586 Å². The number of halogens is 6. The lowest BCUT2D eigenvalue weighted by Gasteiger charge is -2.11. The minimum atomic E-state index is 0.0625. The number of benzene rings is 11. The molecule has 6 heterocycles. The summed E-state index contributed by atoms with van der Waals surface area (Å²) in [4.78, 5) is 40.9. The van der Waals surface area contributed by atoms with Crippen molar-refractivity contribution in [2.45, 2.75) is 0 Å². The lowest BCUT2D eigenvalue weighted by atomic mass is 10.1. The molecule has 0 N–H and O–H groups in total. The minimum absolute atomic E-state index is 0.0625. The fourth-order valence-electron chi connectivity index (χ4n) is 10.6. The predicted molar refractivity (Wildman–Crippen MR) is 393 cm³/mol. The van der Waals surface area contributed by atoms with Gasteiger partial charge in [-0.05, 0) is 145 Å². The van der Waals surface area contributed by atoms with Gasteiger partial charge in [-0.3, -0.25) is 9.13 Å². The fraction of sp³-hybridized carbons (Fsp3) is 0. The summed E-state index contributed by atoms with van der Waals surface area (Å²) < 4.78 is 18.3. The molecule has 13 nitrogen and oxygen atoms in total. The number of fused-ring (bicyclic) bond motifs is 4. The number of para-hydroxylation sites is 6. The Kier molecular flexibility index (Phi) is 18.8. The highest BCUT2D eigenvalue weighted by molar-refractivity contribution is 9.10. The van der Waals surface area contributed by atoms with Crippen LogP contribution in [0.15, 0.2) is 303 Å². The number of hydrogen-bond acceptors (Lipinski definition) is 11. The van der Waals surface area contributed by atoms with E-state index >= 15 is 0 Å². The zero-order chi connectivity index (χ0) is 65.5. The summed E-state index contributed by atoms with van der Waals surface area (Å²) >= 11 is 29.5. The first kappa shape index (κ1) is 62.9. The van der Waals surface area contributed by atoms with Crippen LogP contribution in [0.5, 0.6) is 0 Å². The van der Waals surface area contributed by atoms with Crippen LogP contribution in [0.2, 0.25) is 20.6 Å². The van der Waals surface area contributed by atoms with Crippen molar-refractivity contribution in [2.24, 2.45) is 0 Å². The van der Waals surface area contributed by atoms with Crippen molar-refractivity contribution in [1.29, 1.82) is 0 Å². The van der Waals surface area contributed by atoms with E-state index in [9.17, 15) is 0 Å². The third-order valence-electron chi connectivity index (χ3n) is 15.0. The van der Waals surface area contributed by atoms with Gasteiger partial charge in [0.2, 0.25) is 17.1 Å². The first-order chi connectivity index (χ1) is 47.0. The van der Waals surface area contributed by atoms with Crippen molar-refractivity contribution < 1.29 is 8.83 Å². The van der Waals surface area contributed by atoms with Crippen LogP contribution in [0, 0.1) is 0 Å². The van der Waals surface area contributed by atoms with Crippen molar-refractivity contribution in [3.63, 3.8) is 0 Å². The molecular formula is C77H47Br2Cl4N11O2. The number of imidazole rings is 2. The van der Waals surface area contributed by atoms with Gasteiger partial charge in [-0.25, -0.2) is 44.9 Å². The highest BCUT2D eigenvalue weighted by Crippen LogP contribution is 2.35. The van der Waals surface area contributed by atoms with Gasteiger partial charge >= 0.3 is 0 Å². The topological polar surface area (TPSA) is 152 Å². The van der Waals surface area contributed by atoms with Crippen molar-refractivity contribution in [3.05, 3.63) is 315 Å². The number of aromatic nitrogens is 11. The van der Waals surface area contributed by atoms with E-state index in [1.807, 2.05) is 194 Å². The van der Waals surface area contributed by atoms with Gasteiger partial charge in [-0.1, -0.05) is 212 Å². The summed E-state index contributed by atoms with van der Waals surface area (Å²) in [6, 6.07) is 93.8. The Morgan fingerprint density at radius 3 is 1.18 bits per heavy atom. The van der Waals surface area contributed by atoms with E-state index < -0.39 is 0 Å². The molecule has 19 heteroatoms. The number of nitrogens with zero attached hydrogens (tertiary/aromatic N) is 11. The normalized spacial score (nSPS) is 11.0. The number of hydrogen-bond donors (Lipinski definition) is 0. The second kappa shape index (κ2) is 28.6. The van der Waals surface area contributed by atoms with Crippen LogP contribution in [0.25, 0.3) is 135 Å². The van der Waals surface area contributed by atoms with Crippen molar-refractivity contribution in [3.8, 4) is 91.2 Å². The Bertz CT molecular complexity index is 5520. The van der Waals surface area contributed by atoms with Gasteiger partial charge in [0, 0.05) is 70.4 Å². The van der Waals surface area contributed by atoms with E-state index in [-0.39, 0.29) is 15.6 Å². The Morgan fingerprint density at radius 1 is 0.281 bits per heavy atom. The molecule has 17 aromatic rings. The molecule has 0 saturated heterocycles. The second-order valence-corrected chi connectivity index (χ2v) is 24.8. The minimum Gasteiger partial charge on any atom is -0.436 e. The molecule has 0 atom stereocenters. The van der Waals surface area contributed by atoms with Gasteiger partial charge in [0.15, 0.2) is 28.6 Å². The summed E-state index contributed by atoms with van der Waals surface area (Å²) in [5.41, 5.74) is 15.7. The van der Waals surface area contributed by atoms with Crippen molar-refractivity contribution in [2.75, 3.05) is 0 Å². The SMILES string of the molecule is Brc1ccc(-c2nc3ccccc3n2-c2ccccc2)cc1.Brc1ccc2nc(-c3ccccc3)oc2c1.Clc1cc(Cl)nc(Cl)n1.Clc1cccc(-c2nc(-c3ccc(-c4nc5ccccc5n4-c4ccccc4)cc3)nc(-c3ccc4nc(-c5ccccc5)oc4c3)n2)c1. The summed E-state index contributed by atoms with van der Waals surface area (Å²) in [5.74, 6) is 4.59.